The molecule has 1 aromatic carbocycles. The van der Waals surface area contributed by atoms with Gasteiger partial charge in [0.15, 0.2) is 0 Å². The zero-order chi connectivity index (χ0) is 23.9. The van der Waals surface area contributed by atoms with Crippen molar-refractivity contribution >= 4 is 48.3 Å². The van der Waals surface area contributed by atoms with Crippen LogP contribution in [0.15, 0.2) is 12.1 Å². The number of ether oxygens (including phenoxy) is 4. The molecule has 0 bridgehead atoms. The molecule has 0 saturated heterocycles. The first-order chi connectivity index (χ1) is 15.4. The van der Waals surface area contributed by atoms with Crippen LogP contribution in [0.5, 0.6) is 11.5 Å². The molecule has 1 rings (SSSR count). The van der Waals surface area contributed by atoms with E-state index in [1.807, 2.05) is 0 Å². The molecule has 0 saturated carbocycles. The summed E-state index contributed by atoms with van der Waals surface area (Å²) in [5, 5.41) is 37.2. The molecule has 12 heteroatoms. The lowest BCUT2D eigenvalue weighted by Crippen LogP contribution is -2.23. The molecule has 0 aliphatic heterocycles. The van der Waals surface area contributed by atoms with Crippen LogP contribution in [-0.4, -0.2) is 49.9 Å². The molecule has 1 aromatic rings. The van der Waals surface area contributed by atoms with E-state index in [0.717, 1.165) is 0 Å². The minimum atomic E-state index is -0.564. The molecule has 0 aliphatic carbocycles. The van der Waals surface area contributed by atoms with Gasteiger partial charge in [-0.1, -0.05) is 0 Å². The van der Waals surface area contributed by atoms with Crippen LogP contribution >= 0.6 is 25.3 Å². The first-order valence-electron chi connectivity index (χ1n) is 8.77. The topological polar surface area (TPSA) is 166 Å². The van der Waals surface area contributed by atoms with Gasteiger partial charge in [0.1, 0.15) is 73.3 Å². The highest BCUT2D eigenvalue weighted by atomic mass is 32.1. The Balaban J connectivity index is 3.44. The van der Waals surface area contributed by atoms with Crippen LogP contribution in [-0.2, 0) is 19.1 Å². The smallest absolute Gasteiger partial charge is 0.315 e. The second-order valence-corrected chi connectivity index (χ2v) is 6.13. The Kier molecular flexibility index (Phi) is 11.6. The number of carbonyl (C=O) groups is 2. The first kappa shape index (κ1) is 26.2. The van der Waals surface area contributed by atoms with Gasteiger partial charge in [0, 0.05) is 10.4 Å². The number of nitriles is 4. The molecule has 0 aliphatic rings. The third-order valence-electron chi connectivity index (χ3n) is 3.53. The quantitative estimate of drug-likeness (QED) is 0.264. The third kappa shape index (κ3) is 7.77. The average Bonchev–Trinajstić information content (AvgIpc) is 2.81. The highest BCUT2D eigenvalue weighted by Crippen LogP contribution is 2.11. The van der Waals surface area contributed by atoms with Crippen molar-refractivity contribution in [3.63, 3.8) is 0 Å². The van der Waals surface area contributed by atoms with Crippen LogP contribution < -0.4 is 19.9 Å². The van der Waals surface area contributed by atoms with Gasteiger partial charge < -0.3 is 18.9 Å². The van der Waals surface area contributed by atoms with Crippen LogP contribution in [0.25, 0.3) is 11.1 Å². The van der Waals surface area contributed by atoms with E-state index in [1.165, 1.54) is 12.1 Å². The first-order valence-corrected chi connectivity index (χ1v) is 10.0. The second-order valence-electron chi connectivity index (χ2n) is 5.50. The number of benzene rings is 1. The Hall–Kier alpha value is -3.84. The lowest BCUT2D eigenvalue weighted by molar-refractivity contribution is -0.142. The molecule has 0 N–H and O–H groups in total. The summed E-state index contributed by atoms with van der Waals surface area (Å²) in [6.45, 7) is -0.538. The number of carbonyl (C=O) groups excluding carboxylic acids is 2. The highest BCUT2D eigenvalue weighted by molar-refractivity contribution is 7.81. The van der Waals surface area contributed by atoms with Crippen molar-refractivity contribution < 1.29 is 28.5 Å². The van der Waals surface area contributed by atoms with Gasteiger partial charge in [0.25, 0.3) is 0 Å². The van der Waals surface area contributed by atoms with Gasteiger partial charge in [-0.25, -0.2) is 0 Å². The Labute approximate surface area is 194 Å². The second kappa shape index (κ2) is 14.2. The number of nitrogens with zero attached hydrogens (tertiary/aromatic N) is 4. The lowest BCUT2D eigenvalue weighted by Gasteiger charge is -2.12. The van der Waals surface area contributed by atoms with Crippen LogP contribution in [0, 0.1) is 45.3 Å². The number of hydrogen-bond donors (Lipinski definition) is 2. The Morgan fingerprint density at radius 3 is 1.31 bits per heavy atom. The predicted octanol–water partition coefficient (Wildman–Crippen LogP) is -0.214. The SMILES string of the molecule is N#CC(C#N)=c1cc(OCCOC(=O)CS)c(=C(C#N)C#N)cc1OCCOC(=O)CS. The van der Waals surface area contributed by atoms with Gasteiger partial charge in [-0.3, -0.25) is 9.59 Å². The maximum Gasteiger partial charge on any atom is 0.315 e. The van der Waals surface area contributed by atoms with E-state index in [0.29, 0.717) is 0 Å². The molecule has 0 fully saturated rings. The molecule has 0 aromatic heterocycles. The fourth-order valence-corrected chi connectivity index (χ4v) is 2.37. The Bertz CT molecular complexity index is 1030. The monoisotopic (exact) mass is 472 g/mol. The number of hydrogen-bond acceptors (Lipinski definition) is 12. The van der Waals surface area contributed by atoms with Gasteiger partial charge in [-0.05, 0) is 12.1 Å². The summed E-state index contributed by atoms with van der Waals surface area (Å²) >= 11 is 7.55. The maximum absolute atomic E-state index is 11.2. The molecule has 0 amide bonds. The van der Waals surface area contributed by atoms with Crippen molar-refractivity contribution in [2.24, 2.45) is 0 Å². The van der Waals surface area contributed by atoms with Crippen LogP contribution in [0.2, 0.25) is 0 Å². The van der Waals surface area contributed by atoms with E-state index in [4.69, 9.17) is 18.9 Å². The number of esters is 2. The van der Waals surface area contributed by atoms with Gasteiger partial charge >= 0.3 is 11.9 Å². The minimum Gasteiger partial charge on any atom is -0.489 e. The Morgan fingerprint density at radius 1 is 0.688 bits per heavy atom. The lowest BCUT2D eigenvalue weighted by atomic mass is 10.1. The van der Waals surface area contributed by atoms with Crippen molar-refractivity contribution in [2.45, 2.75) is 0 Å². The van der Waals surface area contributed by atoms with Crippen LogP contribution in [0.4, 0.5) is 0 Å². The molecule has 0 atom stereocenters. The summed E-state index contributed by atoms with van der Waals surface area (Å²) in [7, 11) is 0. The maximum atomic E-state index is 11.2. The number of thiol groups is 2. The van der Waals surface area contributed by atoms with Crippen molar-refractivity contribution in [3.05, 3.63) is 22.6 Å². The summed E-state index contributed by atoms with van der Waals surface area (Å²) in [4.78, 5) is 22.3. The molecule has 0 heterocycles. The molecule has 0 spiro atoms. The molecule has 32 heavy (non-hydrogen) atoms. The van der Waals surface area contributed by atoms with E-state index in [2.05, 4.69) is 25.3 Å². The summed E-state index contributed by atoms with van der Waals surface area (Å²) in [5.41, 5.74) is -0.638. The molecular formula is C20H16N4O6S2. The summed E-state index contributed by atoms with van der Waals surface area (Å²) in [6, 6.07) is 9.45. The molecular weight excluding hydrogens is 456 g/mol. The largest absolute Gasteiger partial charge is 0.489 e. The minimum absolute atomic E-state index is 0.00289. The van der Waals surface area contributed by atoms with Gasteiger partial charge in [0.05, 0.1) is 11.5 Å². The van der Waals surface area contributed by atoms with Gasteiger partial charge in [0.2, 0.25) is 0 Å². The van der Waals surface area contributed by atoms with E-state index in [1.54, 1.807) is 24.3 Å². The van der Waals surface area contributed by atoms with Gasteiger partial charge in [-0.2, -0.15) is 46.3 Å². The van der Waals surface area contributed by atoms with Crippen molar-refractivity contribution in [2.75, 3.05) is 37.9 Å². The third-order valence-corrected chi connectivity index (χ3v) is 4.05. The fourth-order valence-electron chi connectivity index (χ4n) is 2.19. The van der Waals surface area contributed by atoms with E-state index < -0.39 is 11.9 Å². The van der Waals surface area contributed by atoms with Crippen molar-refractivity contribution in [3.8, 4) is 35.8 Å². The zero-order valence-electron chi connectivity index (χ0n) is 16.5. The Morgan fingerprint density at radius 2 is 1.03 bits per heavy atom. The zero-order valence-corrected chi connectivity index (χ0v) is 18.3. The highest BCUT2D eigenvalue weighted by Gasteiger charge is 2.12. The van der Waals surface area contributed by atoms with Gasteiger partial charge in [-0.15, -0.1) is 0 Å². The van der Waals surface area contributed by atoms with E-state index >= 15 is 0 Å². The summed E-state index contributed by atoms with van der Waals surface area (Å²) in [5.74, 6) is -1.37. The van der Waals surface area contributed by atoms with Crippen molar-refractivity contribution in [1.82, 2.24) is 0 Å². The standard InChI is InChI=1S/C20H16N4O6S2/c21-7-13(8-22)15-6-18(28-2-4-30-20(26)12-32)16(14(9-23)10-24)5-17(15)27-1-3-29-19(25)11-31/h5-6,31-32H,1-4,11-12H2. The van der Waals surface area contributed by atoms with Crippen LogP contribution in [0.3, 0.4) is 0 Å². The molecule has 10 nitrogen and oxygen atoms in total. The van der Waals surface area contributed by atoms with E-state index in [-0.39, 0.29) is 71.0 Å². The molecule has 0 unspecified atom stereocenters. The fraction of sp³-hybridized carbons (Fsp3) is 0.300. The van der Waals surface area contributed by atoms with Crippen LogP contribution in [0.1, 0.15) is 0 Å². The normalized spacial score (nSPS) is 9.19. The van der Waals surface area contributed by atoms with Crippen molar-refractivity contribution in [1.29, 1.82) is 21.0 Å². The number of rotatable bonds is 10. The molecule has 0 radical (unpaired) electrons. The van der Waals surface area contributed by atoms with E-state index in [9.17, 15) is 30.6 Å². The predicted molar refractivity (Wildman–Crippen MR) is 116 cm³/mol. The average molecular weight is 473 g/mol. The summed E-state index contributed by atoms with van der Waals surface area (Å²) in [6.07, 6.45) is 0. The summed E-state index contributed by atoms with van der Waals surface area (Å²) < 4.78 is 20.8. The molecule has 164 valence electrons.